The Labute approximate surface area is 137 Å². The Hall–Kier alpha value is -0.480. The van der Waals surface area contributed by atoms with E-state index in [4.69, 9.17) is 0 Å². The van der Waals surface area contributed by atoms with E-state index < -0.39 is 10.0 Å². The van der Waals surface area contributed by atoms with Crippen LogP contribution in [0.25, 0.3) is 0 Å². The van der Waals surface area contributed by atoms with Crippen LogP contribution in [-0.4, -0.2) is 50.9 Å². The molecule has 1 saturated heterocycles. The maximum Gasteiger partial charge on any atom is 0.250 e. The lowest BCUT2D eigenvalue weighted by atomic mass is 10.1. The summed E-state index contributed by atoms with van der Waals surface area (Å²) in [5, 5.41) is 3.28. The molecule has 0 aliphatic carbocycles. The third-order valence-electron chi connectivity index (χ3n) is 3.58. The van der Waals surface area contributed by atoms with E-state index in [1.807, 2.05) is 13.8 Å². The molecule has 6 nitrogen and oxygen atoms in total. The van der Waals surface area contributed by atoms with Crippen molar-refractivity contribution in [3.05, 3.63) is 15.9 Å². The fourth-order valence-electron chi connectivity index (χ4n) is 2.18. The molecule has 0 spiro atoms. The first-order valence-corrected chi connectivity index (χ1v) is 9.68. The van der Waals surface area contributed by atoms with Gasteiger partial charge in [-0.15, -0.1) is 11.3 Å². The van der Waals surface area contributed by atoms with Crippen LogP contribution in [0.2, 0.25) is 0 Å². The first kappa shape index (κ1) is 16.9. The Balaban J connectivity index is 1.97. The Morgan fingerprint density at radius 3 is 2.86 bits per heavy atom. The van der Waals surface area contributed by atoms with E-state index >= 15 is 0 Å². The summed E-state index contributed by atoms with van der Waals surface area (Å²) in [5.74, 6) is -0.199. The second kappa shape index (κ2) is 6.74. The number of piperazine rings is 1. The third kappa shape index (κ3) is 4.04. The number of thiophene rings is 1. The zero-order chi connectivity index (χ0) is 15.6. The van der Waals surface area contributed by atoms with Crippen LogP contribution in [0.15, 0.2) is 20.1 Å². The Bertz CT molecular complexity index is 617. The maximum absolute atomic E-state index is 12.2. The highest BCUT2D eigenvalue weighted by molar-refractivity contribution is 9.11. The van der Waals surface area contributed by atoms with Crippen molar-refractivity contribution in [2.75, 3.05) is 19.6 Å². The average Bonchev–Trinajstić information content (AvgIpc) is 2.87. The van der Waals surface area contributed by atoms with Crippen molar-refractivity contribution in [1.29, 1.82) is 0 Å². The van der Waals surface area contributed by atoms with Crippen LogP contribution in [0.1, 0.15) is 13.8 Å². The third-order valence-corrected chi connectivity index (χ3v) is 7.10. The molecule has 0 radical (unpaired) electrons. The fraction of sp³-hybridized carbons (Fsp3) is 0.583. The Kier molecular flexibility index (Phi) is 5.42. The minimum Gasteiger partial charge on any atom is -0.336 e. The highest BCUT2D eigenvalue weighted by atomic mass is 79.9. The van der Waals surface area contributed by atoms with E-state index in [-0.39, 0.29) is 28.7 Å². The zero-order valence-corrected chi connectivity index (χ0v) is 15.0. The lowest BCUT2D eigenvalue weighted by Crippen LogP contribution is -2.58. The Morgan fingerprint density at radius 2 is 2.24 bits per heavy atom. The van der Waals surface area contributed by atoms with Gasteiger partial charge in [0, 0.05) is 25.2 Å². The number of hydrogen-bond donors (Lipinski definition) is 2. The molecule has 2 atom stereocenters. The van der Waals surface area contributed by atoms with Crippen LogP contribution in [0, 0.1) is 0 Å². The van der Waals surface area contributed by atoms with Gasteiger partial charge in [-0.1, -0.05) is 0 Å². The minimum atomic E-state index is -3.63. The van der Waals surface area contributed by atoms with Crippen molar-refractivity contribution in [2.45, 2.75) is 30.1 Å². The number of carbonyl (C=O) groups excluding carboxylic acids is 1. The number of nitrogens with one attached hydrogen (secondary N) is 2. The molecule has 2 unspecified atom stereocenters. The summed E-state index contributed by atoms with van der Waals surface area (Å²) in [5.41, 5.74) is 0. The maximum atomic E-state index is 12.2. The number of hydrogen-bond acceptors (Lipinski definition) is 5. The highest BCUT2D eigenvalue weighted by Gasteiger charge is 2.28. The average molecular weight is 396 g/mol. The summed E-state index contributed by atoms with van der Waals surface area (Å²) in [4.78, 5) is 13.9. The van der Waals surface area contributed by atoms with Crippen LogP contribution in [0.5, 0.6) is 0 Å². The van der Waals surface area contributed by atoms with Crippen molar-refractivity contribution in [3.63, 3.8) is 0 Å². The quantitative estimate of drug-likeness (QED) is 0.796. The molecule has 1 amide bonds. The van der Waals surface area contributed by atoms with Gasteiger partial charge >= 0.3 is 0 Å². The van der Waals surface area contributed by atoms with E-state index in [0.717, 1.165) is 21.7 Å². The monoisotopic (exact) mass is 395 g/mol. The summed E-state index contributed by atoms with van der Waals surface area (Å²) in [6.07, 6.45) is 0. The van der Waals surface area contributed by atoms with Gasteiger partial charge in [0.1, 0.15) is 4.21 Å². The molecular formula is C12H18BrN3O3S2. The Morgan fingerprint density at radius 1 is 1.52 bits per heavy atom. The van der Waals surface area contributed by atoms with Crippen molar-refractivity contribution >= 4 is 43.2 Å². The molecule has 1 aliphatic rings. The van der Waals surface area contributed by atoms with Crippen LogP contribution in [-0.2, 0) is 14.8 Å². The van der Waals surface area contributed by atoms with Crippen molar-refractivity contribution in [2.24, 2.45) is 0 Å². The molecular weight excluding hydrogens is 378 g/mol. The SMILES string of the molecule is CC1NCCN(C(=O)CNS(=O)(=O)c2ccc(Br)s2)C1C. The number of nitrogens with zero attached hydrogens (tertiary/aromatic N) is 1. The van der Waals surface area contributed by atoms with Crippen LogP contribution >= 0.6 is 27.3 Å². The minimum absolute atomic E-state index is 0.0478. The smallest absolute Gasteiger partial charge is 0.250 e. The van der Waals surface area contributed by atoms with E-state index in [1.165, 1.54) is 6.07 Å². The number of rotatable bonds is 4. The van der Waals surface area contributed by atoms with Gasteiger partial charge in [0.25, 0.3) is 10.0 Å². The number of sulfonamides is 1. The number of carbonyl (C=O) groups is 1. The van der Waals surface area contributed by atoms with E-state index in [1.54, 1.807) is 11.0 Å². The van der Waals surface area contributed by atoms with Gasteiger partial charge in [-0.3, -0.25) is 4.79 Å². The molecule has 1 aromatic heterocycles. The van der Waals surface area contributed by atoms with E-state index in [9.17, 15) is 13.2 Å². The van der Waals surface area contributed by atoms with E-state index in [2.05, 4.69) is 26.0 Å². The normalized spacial score (nSPS) is 23.3. The predicted molar refractivity (Wildman–Crippen MR) is 85.8 cm³/mol. The van der Waals surface area contributed by atoms with Crippen LogP contribution in [0.4, 0.5) is 0 Å². The van der Waals surface area contributed by atoms with Gasteiger partial charge in [0.15, 0.2) is 0 Å². The topological polar surface area (TPSA) is 78.5 Å². The van der Waals surface area contributed by atoms with Gasteiger partial charge in [-0.25, -0.2) is 13.1 Å². The summed E-state index contributed by atoms with van der Waals surface area (Å²) >= 11 is 4.34. The first-order valence-electron chi connectivity index (χ1n) is 6.59. The molecule has 9 heteroatoms. The van der Waals surface area contributed by atoms with Gasteiger partial charge in [0.05, 0.1) is 10.3 Å². The lowest BCUT2D eigenvalue weighted by molar-refractivity contribution is -0.133. The largest absolute Gasteiger partial charge is 0.336 e. The lowest BCUT2D eigenvalue weighted by Gasteiger charge is -2.38. The second-order valence-corrected chi connectivity index (χ2v) is 9.41. The van der Waals surface area contributed by atoms with Crippen molar-refractivity contribution in [3.8, 4) is 0 Å². The van der Waals surface area contributed by atoms with E-state index in [0.29, 0.717) is 6.54 Å². The summed E-state index contributed by atoms with van der Waals surface area (Å²) < 4.78 is 27.5. The van der Waals surface area contributed by atoms with Crippen LogP contribution < -0.4 is 10.0 Å². The molecule has 2 heterocycles. The molecule has 21 heavy (non-hydrogen) atoms. The molecule has 2 N–H and O–H groups in total. The van der Waals surface area contributed by atoms with Gasteiger partial charge in [-0.05, 0) is 41.9 Å². The number of amides is 1. The summed E-state index contributed by atoms with van der Waals surface area (Å²) in [6, 6.07) is 3.43. The van der Waals surface area contributed by atoms with Crippen molar-refractivity contribution < 1.29 is 13.2 Å². The predicted octanol–water partition coefficient (Wildman–Crippen LogP) is 0.998. The molecule has 0 saturated carbocycles. The molecule has 1 aliphatic heterocycles. The molecule has 118 valence electrons. The molecule has 2 rings (SSSR count). The van der Waals surface area contributed by atoms with Gasteiger partial charge in [0.2, 0.25) is 5.91 Å². The fourth-order valence-corrected chi connectivity index (χ4v) is 5.21. The molecule has 1 aromatic rings. The summed E-state index contributed by atoms with van der Waals surface area (Å²) in [6.45, 7) is 5.07. The summed E-state index contributed by atoms with van der Waals surface area (Å²) in [7, 11) is -3.63. The van der Waals surface area contributed by atoms with Crippen LogP contribution in [0.3, 0.4) is 0 Å². The molecule has 0 aromatic carbocycles. The highest BCUT2D eigenvalue weighted by Crippen LogP contribution is 2.25. The number of halogens is 1. The van der Waals surface area contributed by atoms with Crippen molar-refractivity contribution in [1.82, 2.24) is 14.9 Å². The van der Waals surface area contributed by atoms with Gasteiger partial charge < -0.3 is 10.2 Å². The standard InChI is InChI=1S/C12H18BrN3O3S2/c1-8-9(2)16(6-5-14-8)11(17)7-15-21(18,19)12-4-3-10(13)20-12/h3-4,8-9,14-15H,5-7H2,1-2H3. The second-order valence-electron chi connectivity index (χ2n) is 4.95. The first-order chi connectivity index (χ1) is 9.81. The molecule has 0 bridgehead atoms. The zero-order valence-electron chi connectivity index (χ0n) is 11.8. The molecule has 1 fully saturated rings. The van der Waals surface area contributed by atoms with Gasteiger partial charge in [-0.2, -0.15) is 0 Å².